The number of nitrogens with two attached hydrogens (primary N) is 1. The zero-order valence-corrected chi connectivity index (χ0v) is 78.4. The third kappa shape index (κ3) is 27.9. The van der Waals surface area contributed by atoms with Gasteiger partial charge in [-0.3, -0.25) is 14.3 Å². The number of amides is 2. The first-order valence-corrected chi connectivity index (χ1v) is 47.6. The molecular formula is C61H78B3Br3Cl6N14O18S7. The Morgan fingerprint density at radius 1 is 0.500 bits per heavy atom. The first kappa shape index (κ1) is 98.3. The molecule has 32 nitrogen and oxygen atoms in total. The molecule has 11 rings (SSSR count). The second-order valence-electron chi connectivity index (χ2n) is 27.2. The van der Waals surface area contributed by atoms with Gasteiger partial charge < -0.3 is 44.3 Å². The average molecular weight is 2000 g/mol. The van der Waals surface area contributed by atoms with E-state index in [1.165, 1.54) is 67.2 Å². The minimum Gasteiger partial charge on any atom is -0.405 e. The topological polar surface area (TPSA) is 432 Å². The van der Waals surface area contributed by atoms with E-state index in [0.29, 0.717) is 52.6 Å². The summed E-state index contributed by atoms with van der Waals surface area (Å²) in [6.07, 6.45) is 9.89. The Bertz CT molecular complexity index is 5240. The summed E-state index contributed by atoms with van der Waals surface area (Å²) in [5.41, 5.74) is 5.85. The number of fused-ring (bicyclic) bond motifs is 2. The Hall–Kier alpha value is -4.30. The molecule has 0 unspecified atom stereocenters. The molecule has 3 aliphatic rings. The normalized spacial score (nSPS) is 16.4. The number of aromatic nitrogens is 8. The lowest BCUT2D eigenvalue weighted by atomic mass is 9.49. The molecule has 112 heavy (non-hydrogen) atoms. The molecule has 0 atom stereocenters. The summed E-state index contributed by atoms with van der Waals surface area (Å²) < 4.78 is 157. The zero-order valence-electron chi connectivity index (χ0n) is 63.4. The van der Waals surface area contributed by atoms with Crippen molar-refractivity contribution in [2.24, 2.45) is 0 Å². The highest BCUT2D eigenvalue weighted by Gasteiger charge is 2.64. The van der Waals surface area contributed by atoms with Crippen molar-refractivity contribution in [3.05, 3.63) is 107 Å². The maximum atomic E-state index is 12.0. The van der Waals surface area contributed by atoms with Crippen LogP contribution >= 0.6 is 140 Å². The Kier molecular flexibility index (Phi) is 33.5. The van der Waals surface area contributed by atoms with Crippen molar-refractivity contribution in [3.8, 4) is 11.3 Å². The van der Waals surface area contributed by atoms with Crippen LogP contribution in [0.4, 0.5) is 33.0 Å². The number of nitrogens with zero attached hydrogens (tertiary/aromatic N) is 10. The molecular weight excluding hydrogens is 1930 g/mol. The number of rotatable bonds is 13. The van der Waals surface area contributed by atoms with Gasteiger partial charge in [-0.15, -0.1) is 23.2 Å². The number of pyridine rings is 6. The van der Waals surface area contributed by atoms with Crippen molar-refractivity contribution < 1.29 is 79.6 Å². The number of thiazole rings is 2. The lowest BCUT2D eigenvalue weighted by Crippen LogP contribution is -2.41. The van der Waals surface area contributed by atoms with Crippen molar-refractivity contribution >= 4 is 282 Å². The van der Waals surface area contributed by atoms with Gasteiger partial charge in [-0.25, -0.2) is 82.0 Å². The monoisotopic (exact) mass is 2000 g/mol. The minimum absolute atomic E-state index is 0.0426. The largest absolute Gasteiger partial charge is 0.496 e. The summed E-state index contributed by atoms with van der Waals surface area (Å²) in [6, 6.07) is 13.0. The summed E-state index contributed by atoms with van der Waals surface area (Å²) in [6.45, 7) is 28.2. The summed E-state index contributed by atoms with van der Waals surface area (Å²) >= 11 is 45.3. The number of carbonyl (C=O) groups excluding carboxylic acids is 2. The van der Waals surface area contributed by atoms with Crippen LogP contribution in [0.5, 0.6) is 0 Å². The smallest absolute Gasteiger partial charge is 0.405 e. The van der Waals surface area contributed by atoms with Gasteiger partial charge in [-0.05, 0) is 186 Å². The Morgan fingerprint density at radius 3 is 1.24 bits per heavy atom. The predicted octanol–water partition coefficient (Wildman–Crippen LogP) is 13.3. The molecule has 5 N–H and O–H groups in total. The molecule has 3 fully saturated rings. The summed E-state index contributed by atoms with van der Waals surface area (Å²) in [5, 5.41) is 6.19. The number of nitrogens with one attached hydrogen (secondary N) is 3. The average Bonchev–Trinajstić information content (AvgIpc) is 1.32. The van der Waals surface area contributed by atoms with E-state index in [0.717, 1.165) is 50.7 Å². The summed E-state index contributed by atoms with van der Waals surface area (Å²) in [5.74, 6) is -0.333. The number of anilines is 6. The molecule has 2 amide bonds. The molecule has 3 saturated heterocycles. The van der Waals surface area contributed by atoms with Crippen LogP contribution in [0.3, 0.4) is 0 Å². The van der Waals surface area contributed by atoms with E-state index in [2.05, 4.69) is 103 Å². The Morgan fingerprint density at radius 2 is 0.857 bits per heavy atom. The molecule has 0 aliphatic carbocycles. The van der Waals surface area contributed by atoms with Crippen molar-refractivity contribution in [2.45, 2.75) is 142 Å². The van der Waals surface area contributed by atoms with Crippen molar-refractivity contribution in [3.63, 3.8) is 0 Å². The molecule has 0 bridgehead atoms. The number of sulfonamides is 5. The van der Waals surface area contributed by atoms with Crippen LogP contribution in [0.1, 0.15) is 104 Å². The lowest BCUT2D eigenvalue weighted by molar-refractivity contribution is -0.115. The van der Waals surface area contributed by atoms with E-state index in [9.17, 15) is 51.7 Å². The number of alkyl halides is 2. The van der Waals surface area contributed by atoms with Crippen LogP contribution in [-0.4, -0.2) is 185 Å². The van der Waals surface area contributed by atoms with Gasteiger partial charge in [0.15, 0.2) is 30.9 Å². The van der Waals surface area contributed by atoms with Crippen LogP contribution in [0.15, 0.2) is 86.9 Å². The molecule has 11 heterocycles. The van der Waals surface area contributed by atoms with Crippen molar-refractivity contribution in [1.82, 2.24) is 39.9 Å². The first-order valence-electron chi connectivity index (χ1n) is 32.0. The first-order chi connectivity index (χ1) is 50.8. The molecule has 8 aromatic heterocycles. The Balaban J connectivity index is 0.000000243. The van der Waals surface area contributed by atoms with E-state index in [-0.39, 0.29) is 79.0 Å². The molecule has 0 saturated carbocycles. The predicted molar refractivity (Wildman–Crippen MR) is 459 cm³/mol. The number of nitrogen functional groups attached to an aromatic ring is 1. The molecule has 51 heteroatoms. The fourth-order valence-corrected chi connectivity index (χ4v) is 19.1. The fraction of sp³-hybridized carbons (Fsp3) is 0.443. The van der Waals surface area contributed by atoms with Crippen LogP contribution in [-0.2, 0) is 87.6 Å². The second kappa shape index (κ2) is 38.2. The third-order valence-corrected chi connectivity index (χ3v) is 27.1. The SMILES string of the molecule is CC(=O)Nc1nc2ccc(-c3cnc(Cl)c(NS(C)(=O)=O)c3)nc2s1.CC(=O)Nc1nc2ccc(Br)nc2s1.CC(Cl)Cl.CC1(C)OB(B2OC(C)(C)C(C)(C)O2)OC1(C)C.CC1(C)OB(c2cnc(Cl)c(N(S(C)(=O)=O)S(C)(=O)=O)c2)OC1(C)C.CS(=O)(=O)N(c1cc(Br)cnc1Cl)S(C)(=O)=O.Nc1cc(Br)cnc1Cl. The van der Waals surface area contributed by atoms with Crippen LogP contribution < -0.4 is 34.0 Å². The number of halogens is 9. The molecule has 0 aromatic carbocycles. The standard InChI is InChI=1S/C14H12ClN5O3S2.C13H20BClN2O6S2.C12H24B2O4.C8H6BrN3OS.C7H8BrClN2O4S2.C5H4BrClN2.C2H4Cl2/c1-7(21)17-14-19-10-4-3-9(18-13(10)24-14)8-5-11(12(15)16-6-8)20-25(2,22)23;1-12(2)13(3,4)23-14(22-12)9-7-10(11(15)16-8-9)17(24(5,18)19)25(6,20)21;1-9(2)10(3,4)16-13(15-9)14-17-11(5,6)12(7,8)18-14;1-4(13)10-8-11-5-2-3-6(9)12-7(5)14-8;1-16(12,13)11(17(2,14)15)6-3-5(8)4-10-7(6)9;6-3-1-4(8)5(7)9-2-3;1-2(3)4/h3-6,20H,1-2H3,(H,17,19,21);7-8H,1-6H3;1-8H3;2-3H,1H3,(H,10,11,13);3-4H,1-2H3;1-2H,8H2;2H,1H3. The van der Waals surface area contributed by atoms with E-state index in [4.69, 9.17) is 103 Å². The molecule has 3 aliphatic heterocycles. The van der Waals surface area contributed by atoms with E-state index in [1.54, 1.807) is 37.4 Å². The van der Waals surface area contributed by atoms with Crippen molar-refractivity contribution in [2.75, 3.05) is 59.8 Å². The number of hydrogen-bond acceptors (Lipinski definition) is 29. The fourth-order valence-electron chi connectivity index (χ4n) is 8.91. The maximum Gasteiger partial charge on any atom is 0.496 e. The maximum absolute atomic E-state index is 12.0. The highest BCUT2D eigenvalue weighted by atomic mass is 79.9. The number of carbonyl (C=O) groups is 2. The van der Waals surface area contributed by atoms with Crippen molar-refractivity contribution in [1.29, 1.82) is 0 Å². The van der Waals surface area contributed by atoms with Gasteiger partial charge in [0.1, 0.15) is 41.5 Å². The molecule has 8 aromatic rings. The van der Waals surface area contributed by atoms with Gasteiger partial charge in [-0.2, -0.15) is 7.42 Å². The highest BCUT2D eigenvalue weighted by molar-refractivity contribution is 9.11. The lowest BCUT2D eigenvalue weighted by Gasteiger charge is -2.32. The quantitative estimate of drug-likeness (QED) is 0.0473. The summed E-state index contributed by atoms with van der Waals surface area (Å²) in [4.78, 5) is 55.6. The van der Waals surface area contributed by atoms with E-state index in [1.807, 2.05) is 95.2 Å². The van der Waals surface area contributed by atoms with Gasteiger partial charge >= 0.3 is 21.1 Å². The van der Waals surface area contributed by atoms with E-state index < -0.39 is 82.5 Å². The van der Waals surface area contributed by atoms with Crippen LogP contribution in [0.2, 0.25) is 20.6 Å². The minimum atomic E-state index is -4.14. The highest BCUT2D eigenvalue weighted by Crippen LogP contribution is 2.44. The van der Waals surface area contributed by atoms with Gasteiger partial charge in [0, 0.05) is 58.6 Å². The zero-order chi connectivity index (χ0) is 85.6. The molecule has 0 radical (unpaired) electrons. The summed E-state index contributed by atoms with van der Waals surface area (Å²) in [7, 11) is -21.6. The third-order valence-electron chi connectivity index (χ3n) is 15.8. The van der Waals surface area contributed by atoms with Crippen LogP contribution in [0.25, 0.3) is 32.0 Å². The van der Waals surface area contributed by atoms with Gasteiger partial charge in [-0.1, -0.05) is 69.1 Å². The Labute approximate surface area is 715 Å². The number of hydrogen-bond donors (Lipinski definition) is 4. The van der Waals surface area contributed by atoms with E-state index >= 15 is 0 Å². The van der Waals surface area contributed by atoms with Gasteiger partial charge in [0.25, 0.3) is 0 Å². The molecule has 614 valence electrons. The second-order valence-corrected chi connectivity index (χ2v) is 44.3. The molecule has 0 spiro atoms. The van der Waals surface area contributed by atoms with Crippen LogP contribution in [0, 0.1) is 0 Å². The van der Waals surface area contributed by atoms with Gasteiger partial charge in [0.05, 0.1) is 82.0 Å². The van der Waals surface area contributed by atoms with Gasteiger partial charge in [0.2, 0.25) is 61.9 Å².